The Morgan fingerprint density at radius 2 is 2.10 bits per heavy atom. The zero-order valence-corrected chi connectivity index (χ0v) is 18.5. The number of ether oxygens (including phenoxy) is 1. The average Bonchev–Trinajstić information content (AvgIpc) is 2.97. The minimum Gasteiger partial charge on any atom is -0.504 e. The molecule has 7 nitrogen and oxygen atoms in total. The number of phenols is 1. The standard InChI is InChI=1S/C22H28FN3O4S/c1-3-30-21-11-17(7-8-20(21)27)14-25-10-9-22(13-16(25)2)15-24-31(28,29)26(22)19-6-4-5-18(23)12-19/h4-8,11-12,16,24,27H,3,9-10,13-15H2,1-2H3. The van der Waals surface area contributed by atoms with Crippen molar-refractivity contribution in [1.82, 2.24) is 9.62 Å². The van der Waals surface area contributed by atoms with Crippen molar-refractivity contribution in [2.24, 2.45) is 0 Å². The molecule has 168 valence electrons. The van der Waals surface area contributed by atoms with E-state index in [2.05, 4.69) is 16.5 Å². The molecule has 2 aromatic rings. The second-order valence-corrected chi connectivity index (χ2v) is 9.91. The van der Waals surface area contributed by atoms with Crippen molar-refractivity contribution in [1.29, 1.82) is 0 Å². The normalized spacial score (nSPS) is 25.8. The number of halogens is 1. The molecule has 2 aromatic carbocycles. The molecule has 1 spiro atoms. The number of phenolic OH excluding ortho intramolecular Hbond substituents is 1. The van der Waals surface area contributed by atoms with E-state index in [1.807, 2.05) is 19.1 Å². The smallest absolute Gasteiger partial charge is 0.302 e. The van der Waals surface area contributed by atoms with Crippen molar-refractivity contribution >= 4 is 15.9 Å². The molecule has 0 amide bonds. The Bertz CT molecular complexity index is 1060. The van der Waals surface area contributed by atoms with Crippen molar-refractivity contribution in [3.05, 3.63) is 53.8 Å². The third kappa shape index (κ3) is 4.22. The van der Waals surface area contributed by atoms with Crippen LogP contribution in [-0.2, 0) is 16.8 Å². The maximum absolute atomic E-state index is 13.8. The molecule has 2 fully saturated rings. The van der Waals surface area contributed by atoms with Gasteiger partial charge in [-0.25, -0.2) is 4.39 Å². The van der Waals surface area contributed by atoms with Crippen LogP contribution in [0.3, 0.4) is 0 Å². The second kappa shape index (κ2) is 8.29. The second-order valence-electron chi connectivity index (χ2n) is 8.30. The van der Waals surface area contributed by atoms with Gasteiger partial charge in [0.2, 0.25) is 0 Å². The minimum absolute atomic E-state index is 0.101. The predicted octanol–water partition coefficient (Wildman–Crippen LogP) is 3.01. The van der Waals surface area contributed by atoms with Crippen molar-refractivity contribution in [2.75, 3.05) is 24.0 Å². The third-order valence-corrected chi connectivity index (χ3v) is 7.76. The monoisotopic (exact) mass is 449 g/mol. The summed E-state index contributed by atoms with van der Waals surface area (Å²) in [4.78, 5) is 2.29. The van der Waals surface area contributed by atoms with E-state index < -0.39 is 21.6 Å². The van der Waals surface area contributed by atoms with Crippen LogP contribution in [0.15, 0.2) is 42.5 Å². The SMILES string of the molecule is CCOc1cc(CN2CCC3(CNS(=O)(=O)N3c3cccc(F)c3)CC2C)ccc1O. The van der Waals surface area contributed by atoms with Crippen LogP contribution in [0.2, 0.25) is 0 Å². The molecule has 31 heavy (non-hydrogen) atoms. The number of hydrogen-bond donors (Lipinski definition) is 2. The van der Waals surface area contributed by atoms with Gasteiger partial charge in [-0.1, -0.05) is 12.1 Å². The fourth-order valence-corrected chi connectivity index (χ4v) is 6.44. The third-order valence-electron chi connectivity index (χ3n) is 6.17. The maximum atomic E-state index is 13.8. The molecule has 4 rings (SSSR count). The van der Waals surface area contributed by atoms with Crippen molar-refractivity contribution in [2.45, 2.75) is 44.8 Å². The summed E-state index contributed by atoms with van der Waals surface area (Å²) in [6.07, 6.45) is 1.24. The minimum atomic E-state index is -3.73. The molecule has 9 heteroatoms. The van der Waals surface area contributed by atoms with Gasteiger partial charge in [0, 0.05) is 25.7 Å². The molecule has 2 atom stereocenters. The summed E-state index contributed by atoms with van der Waals surface area (Å²) in [5.74, 6) is 0.117. The van der Waals surface area contributed by atoms with Crippen molar-refractivity contribution in [3.8, 4) is 11.5 Å². The molecule has 2 heterocycles. The molecule has 2 N–H and O–H groups in total. The number of nitrogens with zero attached hydrogens (tertiary/aromatic N) is 2. The molecule has 2 aliphatic heterocycles. The highest BCUT2D eigenvalue weighted by Gasteiger charge is 2.52. The van der Waals surface area contributed by atoms with Gasteiger partial charge in [0.1, 0.15) is 5.82 Å². The lowest BCUT2D eigenvalue weighted by Gasteiger charge is -2.47. The van der Waals surface area contributed by atoms with Crippen molar-refractivity contribution in [3.63, 3.8) is 0 Å². The van der Waals surface area contributed by atoms with E-state index in [9.17, 15) is 17.9 Å². The first kappa shape index (κ1) is 21.9. The highest BCUT2D eigenvalue weighted by atomic mass is 32.2. The number of benzene rings is 2. The highest BCUT2D eigenvalue weighted by molar-refractivity contribution is 7.91. The average molecular weight is 450 g/mol. The van der Waals surface area contributed by atoms with Gasteiger partial charge in [-0.2, -0.15) is 13.1 Å². The van der Waals surface area contributed by atoms with Gasteiger partial charge in [0.05, 0.1) is 17.8 Å². The van der Waals surface area contributed by atoms with E-state index in [0.29, 0.717) is 50.5 Å². The lowest BCUT2D eigenvalue weighted by molar-refractivity contribution is 0.106. The van der Waals surface area contributed by atoms with Crippen LogP contribution in [0.5, 0.6) is 11.5 Å². The van der Waals surface area contributed by atoms with Crippen LogP contribution in [0.4, 0.5) is 10.1 Å². The first-order chi connectivity index (χ1) is 14.7. The summed E-state index contributed by atoms with van der Waals surface area (Å²) in [5.41, 5.74) is 0.738. The predicted molar refractivity (Wildman–Crippen MR) is 117 cm³/mol. The largest absolute Gasteiger partial charge is 0.504 e. The van der Waals surface area contributed by atoms with Crippen LogP contribution < -0.4 is 13.8 Å². The number of rotatable bonds is 5. The van der Waals surface area contributed by atoms with Gasteiger partial charge in [-0.15, -0.1) is 0 Å². The van der Waals surface area contributed by atoms with Gasteiger partial charge in [0.15, 0.2) is 11.5 Å². The summed E-state index contributed by atoms with van der Waals surface area (Å²) < 4.78 is 49.0. The van der Waals surface area contributed by atoms with Crippen molar-refractivity contribution < 1.29 is 22.7 Å². The number of aromatic hydroxyl groups is 1. The first-order valence-electron chi connectivity index (χ1n) is 10.5. The van der Waals surface area contributed by atoms with E-state index >= 15 is 0 Å². The molecule has 0 aromatic heterocycles. The topological polar surface area (TPSA) is 82.1 Å². The van der Waals surface area contributed by atoms with E-state index in [0.717, 1.165) is 5.56 Å². The number of anilines is 1. The summed E-state index contributed by atoms with van der Waals surface area (Å²) in [6.45, 7) is 6.08. The molecule has 0 radical (unpaired) electrons. The summed E-state index contributed by atoms with van der Waals surface area (Å²) >= 11 is 0. The molecule has 0 aliphatic carbocycles. The Kier molecular flexibility index (Phi) is 5.85. The lowest BCUT2D eigenvalue weighted by atomic mass is 9.83. The van der Waals surface area contributed by atoms with E-state index in [4.69, 9.17) is 4.74 Å². The molecule has 2 aliphatic rings. The molecule has 2 unspecified atom stereocenters. The quantitative estimate of drug-likeness (QED) is 0.733. The Morgan fingerprint density at radius 3 is 2.81 bits per heavy atom. The molecule has 0 bridgehead atoms. The molecule has 2 saturated heterocycles. The van der Waals surface area contributed by atoms with Gasteiger partial charge < -0.3 is 9.84 Å². The fraction of sp³-hybridized carbons (Fsp3) is 0.455. The van der Waals surface area contributed by atoms with E-state index in [1.165, 1.54) is 22.5 Å². The van der Waals surface area contributed by atoms with Crippen LogP contribution in [-0.4, -0.2) is 49.7 Å². The fourth-order valence-electron chi connectivity index (χ4n) is 4.73. The van der Waals surface area contributed by atoms with Crippen LogP contribution in [0, 0.1) is 5.82 Å². The summed E-state index contributed by atoms with van der Waals surface area (Å²) in [6, 6.07) is 11.2. The van der Waals surface area contributed by atoms with Crippen LogP contribution in [0.25, 0.3) is 0 Å². The van der Waals surface area contributed by atoms with Gasteiger partial charge in [-0.3, -0.25) is 9.21 Å². The molecule has 0 saturated carbocycles. The maximum Gasteiger partial charge on any atom is 0.302 e. The van der Waals surface area contributed by atoms with E-state index in [1.54, 1.807) is 12.1 Å². The van der Waals surface area contributed by atoms with Crippen LogP contribution >= 0.6 is 0 Å². The first-order valence-corrected chi connectivity index (χ1v) is 11.9. The number of hydrogen-bond acceptors (Lipinski definition) is 5. The molecular formula is C22H28FN3O4S. The zero-order chi connectivity index (χ0) is 22.2. The highest BCUT2D eigenvalue weighted by Crippen LogP contribution is 2.41. The summed E-state index contributed by atoms with van der Waals surface area (Å²) in [5, 5.41) is 9.93. The molecular weight excluding hydrogens is 421 g/mol. The number of likely N-dealkylation sites (tertiary alicyclic amines) is 1. The number of piperidine rings is 1. The Labute approximate surface area is 182 Å². The zero-order valence-electron chi connectivity index (χ0n) is 17.7. The lowest BCUT2D eigenvalue weighted by Crippen LogP contribution is -2.57. The van der Waals surface area contributed by atoms with Gasteiger partial charge >= 0.3 is 10.2 Å². The Hall–Kier alpha value is -2.36. The van der Waals surface area contributed by atoms with E-state index in [-0.39, 0.29) is 11.8 Å². The van der Waals surface area contributed by atoms with Gasteiger partial charge in [-0.05, 0) is 62.6 Å². The Morgan fingerprint density at radius 1 is 1.29 bits per heavy atom. The number of nitrogens with one attached hydrogen (secondary N) is 1. The van der Waals surface area contributed by atoms with Crippen LogP contribution in [0.1, 0.15) is 32.3 Å². The Balaban J connectivity index is 1.55. The van der Waals surface area contributed by atoms with Gasteiger partial charge in [0.25, 0.3) is 0 Å². The summed E-state index contributed by atoms with van der Waals surface area (Å²) in [7, 11) is -3.73.